The summed E-state index contributed by atoms with van der Waals surface area (Å²) < 4.78 is 36.4. The van der Waals surface area contributed by atoms with Crippen LogP contribution in [0.25, 0.3) is 0 Å². The average molecular weight is 251 g/mol. The zero-order chi connectivity index (χ0) is 12.3. The molecule has 0 amide bonds. The van der Waals surface area contributed by atoms with Crippen molar-refractivity contribution in [1.29, 1.82) is 0 Å². The van der Waals surface area contributed by atoms with E-state index in [-0.39, 0.29) is 12.5 Å². The van der Waals surface area contributed by atoms with Gasteiger partial charge in [-0.05, 0) is 38.9 Å². The maximum absolute atomic E-state index is 12.1. The molecule has 0 aliphatic heterocycles. The van der Waals surface area contributed by atoms with Gasteiger partial charge in [0.15, 0.2) is 0 Å². The lowest BCUT2D eigenvalue weighted by molar-refractivity contribution is -0.136. The third-order valence-electron chi connectivity index (χ3n) is 2.59. The van der Waals surface area contributed by atoms with Gasteiger partial charge in [-0.3, -0.25) is 0 Å². The van der Waals surface area contributed by atoms with Gasteiger partial charge in [-0.15, -0.1) is 11.3 Å². The van der Waals surface area contributed by atoms with Crippen LogP contribution >= 0.6 is 11.3 Å². The second-order valence-electron chi connectivity index (χ2n) is 3.88. The van der Waals surface area contributed by atoms with E-state index >= 15 is 0 Å². The first-order chi connectivity index (χ1) is 7.33. The average Bonchev–Trinajstić information content (AvgIpc) is 2.46. The van der Waals surface area contributed by atoms with Crippen LogP contribution in [0.3, 0.4) is 0 Å². The molecule has 1 atom stereocenters. The van der Waals surface area contributed by atoms with Gasteiger partial charge < -0.3 is 5.32 Å². The van der Waals surface area contributed by atoms with Crippen molar-refractivity contribution >= 4 is 11.3 Å². The van der Waals surface area contributed by atoms with Gasteiger partial charge in [0.1, 0.15) is 0 Å². The lowest BCUT2D eigenvalue weighted by atomic mass is 10.1. The first kappa shape index (κ1) is 13.5. The van der Waals surface area contributed by atoms with Crippen molar-refractivity contribution in [3.8, 4) is 0 Å². The second-order valence-corrected chi connectivity index (χ2v) is 5.17. The van der Waals surface area contributed by atoms with Crippen LogP contribution in [0.15, 0.2) is 6.07 Å². The van der Waals surface area contributed by atoms with Crippen molar-refractivity contribution < 1.29 is 13.2 Å². The fraction of sp³-hybridized carbons (Fsp3) is 0.636. The van der Waals surface area contributed by atoms with Crippen LogP contribution in [0.2, 0.25) is 0 Å². The van der Waals surface area contributed by atoms with E-state index in [4.69, 9.17) is 0 Å². The highest BCUT2D eigenvalue weighted by molar-refractivity contribution is 7.12. The standard InChI is InChI=1S/C11H16F3NS/c1-7-6-10(16-8(7)2)9(15-3)4-5-11(12,13)14/h6,9,15H,4-5H2,1-3H3. The molecule has 1 rings (SSSR count). The minimum absolute atomic E-state index is 0.0966. The molecule has 0 bridgehead atoms. The van der Waals surface area contributed by atoms with E-state index in [1.807, 2.05) is 19.9 Å². The Labute approximate surface area is 97.7 Å². The monoisotopic (exact) mass is 251 g/mol. The first-order valence-corrected chi connectivity index (χ1v) is 5.96. The zero-order valence-corrected chi connectivity index (χ0v) is 10.4. The van der Waals surface area contributed by atoms with Crippen molar-refractivity contribution in [1.82, 2.24) is 5.32 Å². The number of nitrogens with one attached hydrogen (secondary N) is 1. The topological polar surface area (TPSA) is 12.0 Å². The van der Waals surface area contributed by atoms with Gasteiger partial charge >= 0.3 is 6.18 Å². The molecule has 1 aromatic rings. The van der Waals surface area contributed by atoms with Crippen molar-refractivity contribution in [2.75, 3.05) is 7.05 Å². The summed E-state index contributed by atoms with van der Waals surface area (Å²) in [6, 6.07) is 1.77. The highest BCUT2D eigenvalue weighted by atomic mass is 32.1. The molecule has 16 heavy (non-hydrogen) atoms. The van der Waals surface area contributed by atoms with Crippen LogP contribution in [-0.2, 0) is 0 Å². The van der Waals surface area contributed by atoms with E-state index in [2.05, 4.69) is 5.32 Å². The Morgan fingerprint density at radius 1 is 1.38 bits per heavy atom. The summed E-state index contributed by atoms with van der Waals surface area (Å²) in [5.41, 5.74) is 1.15. The number of aryl methyl sites for hydroxylation is 2. The highest BCUT2D eigenvalue weighted by Crippen LogP contribution is 2.32. The number of hydrogen-bond acceptors (Lipinski definition) is 2. The van der Waals surface area contributed by atoms with Gasteiger partial charge in [-0.2, -0.15) is 13.2 Å². The molecular formula is C11H16F3NS. The lowest BCUT2D eigenvalue weighted by Crippen LogP contribution is -2.18. The predicted octanol–water partition coefficient (Wildman–Crippen LogP) is 3.97. The van der Waals surface area contributed by atoms with Crippen LogP contribution in [0, 0.1) is 13.8 Å². The molecule has 0 saturated carbocycles. The third-order valence-corrected chi connectivity index (χ3v) is 3.86. The van der Waals surface area contributed by atoms with Crippen LogP contribution in [0.4, 0.5) is 13.2 Å². The van der Waals surface area contributed by atoms with Gasteiger partial charge in [-0.1, -0.05) is 0 Å². The summed E-state index contributed by atoms with van der Waals surface area (Å²) in [5.74, 6) is 0. The van der Waals surface area contributed by atoms with Crippen LogP contribution in [0.5, 0.6) is 0 Å². The maximum atomic E-state index is 12.1. The van der Waals surface area contributed by atoms with Crippen LogP contribution in [0.1, 0.15) is 34.2 Å². The predicted molar refractivity (Wildman–Crippen MR) is 60.9 cm³/mol. The Morgan fingerprint density at radius 2 is 2.00 bits per heavy atom. The zero-order valence-electron chi connectivity index (χ0n) is 9.61. The number of thiophene rings is 1. The molecule has 0 aliphatic rings. The van der Waals surface area contributed by atoms with Gasteiger partial charge in [0.25, 0.3) is 0 Å². The van der Waals surface area contributed by atoms with Gasteiger partial charge in [0, 0.05) is 22.2 Å². The fourth-order valence-electron chi connectivity index (χ4n) is 1.51. The van der Waals surface area contributed by atoms with E-state index in [9.17, 15) is 13.2 Å². The van der Waals surface area contributed by atoms with E-state index in [0.29, 0.717) is 0 Å². The van der Waals surface area contributed by atoms with Gasteiger partial charge in [-0.25, -0.2) is 0 Å². The molecule has 0 spiro atoms. The normalized spacial score (nSPS) is 14.1. The van der Waals surface area contributed by atoms with E-state index in [1.54, 1.807) is 18.4 Å². The molecule has 5 heteroatoms. The summed E-state index contributed by atoms with van der Waals surface area (Å²) >= 11 is 1.57. The smallest absolute Gasteiger partial charge is 0.312 e. The minimum atomic E-state index is -4.07. The number of rotatable bonds is 4. The fourth-order valence-corrected chi connectivity index (χ4v) is 2.70. The molecule has 0 radical (unpaired) electrons. The Morgan fingerprint density at radius 3 is 2.38 bits per heavy atom. The number of hydrogen-bond donors (Lipinski definition) is 1. The molecule has 0 saturated heterocycles. The molecular weight excluding hydrogens is 235 g/mol. The SMILES string of the molecule is CNC(CCC(F)(F)F)c1cc(C)c(C)s1. The van der Waals surface area contributed by atoms with Gasteiger partial charge in [0.2, 0.25) is 0 Å². The van der Waals surface area contributed by atoms with Crippen molar-refractivity contribution in [2.45, 2.75) is 38.9 Å². The summed E-state index contributed by atoms with van der Waals surface area (Å²) in [7, 11) is 1.70. The summed E-state index contributed by atoms with van der Waals surface area (Å²) in [6.45, 7) is 3.96. The Bertz CT molecular complexity index is 324. The number of halogens is 3. The Hall–Kier alpha value is -0.550. The highest BCUT2D eigenvalue weighted by Gasteiger charge is 2.28. The third kappa shape index (κ3) is 3.79. The molecule has 1 aromatic heterocycles. The van der Waals surface area contributed by atoms with Crippen molar-refractivity contribution in [2.24, 2.45) is 0 Å². The maximum Gasteiger partial charge on any atom is 0.389 e. The van der Waals surface area contributed by atoms with E-state index in [0.717, 1.165) is 10.4 Å². The summed E-state index contributed by atoms with van der Waals surface area (Å²) in [6.07, 6.45) is -4.72. The summed E-state index contributed by atoms with van der Waals surface area (Å²) in [5, 5.41) is 2.94. The Kier molecular flexibility index (Phi) is 4.38. The molecule has 0 aliphatic carbocycles. The molecule has 1 N–H and O–H groups in total. The summed E-state index contributed by atoms with van der Waals surface area (Å²) in [4.78, 5) is 2.16. The minimum Gasteiger partial charge on any atom is -0.312 e. The lowest BCUT2D eigenvalue weighted by Gasteiger charge is -2.15. The molecule has 92 valence electrons. The number of alkyl halides is 3. The molecule has 1 heterocycles. The quantitative estimate of drug-likeness (QED) is 0.853. The van der Waals surface area contributed by atoms with Crippen molar-refractivity contribution in [3.63, 3.8) is 0 Å². The first-order valence-electron chi connectivity index (χ1n) is 5.14. The van der Waals surface area contributed by atoms with E-state index < -0.39 is 12.6 Å². The van der Waals surface area contributed by atoms with Gasteiger partial charge in [0.05, 0.1) is 0 Å². The molecule has 1 nitrogen and oxygen atoms in total. The molecule has 0 fully saturated rings. The largest absolute Gasteiger partial charge is 0.389 e. The van der Waals surface area contributed by atoms with Crippen LogP contribution < -0.4 is 5.32 Å². The van der Waals surface area contributed by atoms with Crippen LogP contribution in [-0.4, -0.2) is 13.2 Å². The molecule has 0 aromatic carbocycles. The Balaban J connectivity index is 2.68. The second kappa shape index (κ2) is 5.19. The van der Waals surface area contributed by atoms with Crippen molar-refractivity contribution in [3.05, 3.63) is 21.4 Å². The molecule has 1 unspecified atom stereocenters. The van der Waals surface area contributed by atoms with E-state index in [1.165, 1.54) is 4.88 Å².